The summed E-state index contributed by atoms with van der Waals surface area (Å²) < 4.78 is 0. The topological polar surface area (TPSA) is 43.7 Å². The van der Waals surface area contributed by atoms with Crippen molar-refractivity contribution in [2.75, 3.05) is 20.1 Å². The van der Waals surface area contributed by atoms with Crippen LogP contribution in [-0.4, -0.2) is 35.3 Å². The number of aliphatic hydroxyl groups is 2. The Bertz CT molecular complexity index is 453. The van der Waals surface area contributed by atoms with Crippen LogP contribution in [0.4, 0.5) is 0 Å². The molecule has 0 bridgehead atoms. The lowest BCUT2D eigenvalue weighted by atomic mass is 10.1. The molecule has 0 aliphatic carbocycles. The van der Waals surface area contributed by atoms with Crippen LogP contribution in [0.3, 0.4) is 0 Å². The Morgan fingerprint density at radius 2 is 1.10 bits per heavy atom. The number of hydrogen-bond donors (Lipinski definition) is 2. The number of likely N-dealkylation sites (N-methyl/N-ethyl adjacent to an activating group) is 1. The molecule has 106 valence electrons. The molecular weight excluding hydrogens is 250 g/mol. The van der Waals surface area contributed by atoms with Crippen LogP contribution in [0.15, 0.2) is 60.7 Å². The summed E-state index contributed by atoms with van der Waals surface area (Å²) in [6.45, 7) is 0.988. The van der Waals surface area contributed by atoms with Crippen LogP contribution in [0, 0.1) is 0 Å². The summed E-state index contributed by atoms with van der Waals surface area (Å²) in [4.78, 5) is 1.94. The molecule has 2 N–H and O–H groups in total. The van der Waals surface area contributed by atoms with Gasteiger partial charge in [-0.05, 0) is 18.2 Å². The highest BCUT2D eigenvalue weighted by molar-refractivity contribution is 5.18. The minimum Gasteiger partial charge on any atom is -0.387 e. The van der Waals surface area contributed by atoms with Gasteiger partial charge in [-0.3, -0.25) is 0 Å². The maximum Gasteiger partial charge on any atom is 0.0916 e. The van der Waals surface area contributed by atoms with Crippen molar-refractivity contribution in [1.29, 1.82) is 0 Å². The second-order valence-corrected chi connectivity index (χ2v) is 5.07. The standard InChI is InChI=1S/C17H21NO2/c1-18(12-16(19)14-8-4-2-5-9-14)13-17(20)15-10-6-3-7-11-15/h2-11,16-17,19-20H,12-13H2,1H3/t16-,17-/m1/s1. The van der Waals surface area contributed by atoms with E-state index >= 15 is 0 Å². The summed E-state index contributed by atoms with van der Waals surface area (Å²) in [6.07, 6.45) is -1.08. The Hall–Kier alpha value is -1.68. The second kappa shape index (κ2) is 7.20. The molecule has 20 heavy (non-hydrogen) atoms. The number of nitrogens with zero attached hydrogens (tertiary/aromatic N) is 1. The first-order chi connectivity index (χ1) is 9.66. The minimum absolute atomic E-state index is 0.494. The largest absolute Gasteiger partial charge is 0.387 e. The second-order valence-electron chi connectivity index (χ2n) is 5.07. The Balaban J connectivity index is 1.88. The van der Waals surface area contributed by atoms with Gasteiger partial charge in [0.2, 0.25) is 0 Å². The van der Waals surface area contributed by atoms with Gasteiger partial charge < -0.3 is 15.1 Å². The smallest absolute Gasteiger partial charge is 0.0916 e. The first kappa shape index (κ1) is 14.7. The third-order valence-electron chi connectivity index (χ3n) is 3.34. The maximum atomic E-state index is 10.2. The molecule has 0 aliphatic rings. The summed E-state index contributed by atoms with van der Waals surface area (Å²) in [5.74, 6) is 0. The molecule has 0 aromatic heterocycles. The van der Waals surface area contributed by atoms with Crippen molar-refractivity contribution >= 4 is 0 Å². The lowest BCUT2D eigenvalue weighted by Gasteiger charge is -2.23. The summed E-state index contributed by atoms with van der Waals surface area (Å²) in [6, 6.07) is 19.2. The quantitative estimate of drug-likeness (QED) is 0.848. The molecule has 3 nitrogen and oxygen atoms in total. The van der Waals surface area contributed by atoms with Crippen LogP contribution >= 0.6 is 0 Å². The van der Waals surface area contributed by atoms with Gasteiger partial charge in [0.15, 0.2) is 0 Å². The van der Waals surface area contributed by atoms with Crippen molar-refractivity contribution in [3.63, 3.8) is 0 Å². The Labute approximate surface area is 120 Å². The van der Waals surface area contributed by atoms with E-state index in [0.717, 1.165) is 11.1 Å². The third kappa shape index (κ3) is 4.17. The molecule has 2 aromatic carbocycles. The predicted molar refractivity (Wildman–Crippen MR) is 80.3 cm³/mol. The van der Waals surface area contributed by atoms with Crippen LogP contribution in [-0.2, 0) is 0 Å². The molecular formula is C17H21NO2. The number of rotatable bonds is 6. The monoisotopic (exact) mass is 271 g/mol. The Morgan fingerprint density at radius 3 is 1.45 bits per heavy atom. The molecule has 0 heterocycles. The zero-order valence-corrected chi connectivity index (χ0v) is 11.7. The fourth-order valence-corrected chi connectivity index (χ4v) is 2.23. The fraction of sp³-hybridized carbons (Fsp3) is 0.294. The highest BCUT2D eigenvalue weighted by atomic mass is 16.3. The van der Waals surface area contributed by atoms with Gasteiger partial charge in [0, 0.05) is 13.1 Å². The lowest BCUT2D eigenvalue weighted by molar-refractivity contribution is 0.0833. The fourth-order valence-electron chi connectivity index (χ4n) is 2.23. The van der Waals surface area contributed by atoms with E-state index < -0.39 is 12.2 Å². The SMILES string of the molecule is CN(C[C@@H](O)c1ccccc1)C[C@@H](O)c1ccccc1. The highest BCUT2D eigenvalue weighted by Gasteiger charge is 2.14. The van der Waals surface area contributed by atoms with Crippen molar-refractivity contribution in [3.05, 3.63) is 71.8 Å². The molecule has 2 rings (SSSR count). The van der Waals surface area contributed by atoms with Gasteiger partial charge in [-0.1, -0.05) is 60.7 Å². The van der Waals surface area contributed by atoms with Crippen molar-refractivity contribution in [3.8, 4) is 0 Å². The summed E-state index contributed by atoms with van der Waals surface area (Å²) in [5, 5.41) is 20.3. The van der Waals surface area contributed by atoms with Crippen molar-refractivity contribution in [2.45, 2.75) is 12.2 Å². The van der Waals surface area contributed by atoms with E-state index in [9.17, 15) is 10.2 Å². The lowest BCUT2D eigenvalue weighted by Crippen LogP contribution is -2.29. The molecule has 0 fully saturated rings. The average Bonchev–Trinajstić information content (AvgIpc) is 2.49. The first-order valence-corrected chi connectivity index (χ1v) is 6.81. The van der Waals surface area contributed by atoms with Crippen LogP contribution < -0.4 is 0 Å². The third-order valence-corrected chi connectivity index (χ3v) is 3.34. The van der Waals surface area contributed by atoms with Crippen LogP contribution in [0.25, 0.3) is 0 Å². The van der Waals surface area contributed by atoms with E-state index in [1.54, 1.807) is 0 Å². The van der Waals surface area contributed by atoms with E-state index in [4.69, 9.17) is 0 Å². The van der Waals surface area contributed by atoms with Gasteiger partial charge in [-0.15, -0.1) is 0 Å². The van der Waals surface area contributed by atoms with Crippen molar-refractivity contribution in [1.82, 2.24) is 4.90 Å². The van der Waals surface area contributed by atoms with Crippen molar-refractivity contribution in [2.24, 2.45) is 0 Å². The van der Waals surface area contributed by atoms with Crippen LogP contribution in [0.1, 0.15) is 23.3 Å². The van der Waals surface area contributed by atoms with E-state index in [2.05, 4.69) is 0 Å². The average molecular weight is 271 g/mol. The summed E-state index contributed by atoms with van der Waals surface area (Å²) in [5.41, 5.74) is 1.79. The van der Waals surface area contributed by atoms with Gasteiger partial charge in [0.1, 0.15) is 0 Å². The Kier molecular flexibility index (Phi) is 5.30. The van der Waals surface area contributed by atoms with Gasteiger partial charge in [-0.2, -0.15) is 0 Å². The molecule has 0 radical (unpaired) electrons. The molecule has 2 atom stereocenters. The zero-order chi connectivity index (χ0) is 14.4. The highest BCUT2D eigenvalue weighted by Crippen LogP contribution is 2.16. The predicted octanol–water partition coefficient (Wildman–Crippen LogP) is 2.39. The molecule has 0 amide bonds. The van der Waals surface area contributed by atoms with Gasteiger partial charge in [-0.25, -0.2) is 0 Å². The van der Waals surface area contributed by atoms with Gasteiger partial charge in [0.25, 0.3) is 0 Å². The Morgan fingerprint density at radius 1 is 0.750 bits per heavy atom. The first-order valence-electron chi connectivity index (χ1n) is 6.81. The van der Waals surface area contributed by atoms with E-state index in [-0.39, 0.29) is 0 Å². The molecule has 0 aliphatic heterocycles. The normalized spacial score (nSPS) is 14.2. The maximum absolute atomic E-state index is 10.2. The molecule has 0 spiro atoms. The van der Waals surface area contributed by atoms with E-state index in [1.165, 1.54) is 0 Å². The minimum atomic E-state index is -0.538. The van der Waals surface area contributed by atoms with E-state index in [1.807, 2.05) is 72.6 Å². The van der Waals surface area contributed by atoms with Crippen LogP contribution in [0.2, 0.25) is 0 Å². The summed E-state index contributed by atoms with van der Waals surface area (Å²) in [7, 11) is 1.90. The molecule has 0 saturated heterocycles. The van der Waals surface area contributed by atoms with Gasteiger partial charge in [0.05, 0.1) is 12.2 Å². The summed E-state index contributed by atoms with van der Waals surface area (Å²) >= 11 is 0. The molecule has 3 heteroatoms. The number of aliphatic hydroxyl groups excluding tert-OH is 2. The number of hydrogen-bond acceptors (Lipinski definition) is 3. The van der Waals surface area contributed by atoms with E-state index in [0.29, 0.717) is 13.1 Å². The zero-order valence-electron chi connectivity index (χ0n) is 11.7. The molecule has 0 unspecified atom stereocenters. The molecule has 2 aromatic rings. The number of benzene rings is 2. The molecule has 0 saturated carbocycles. The van der Waals surface area contributed by atoms with Crippen molar-refractivity contribution < 1.29 is 10.2 Å². The van der Waals surface area contributed by atoms with Gasteiger partial charge >= 0.3 is 0 Å². The van der Waals surface area contributed by atoms with Crippen LogP contribution in [0.5, 0.6) is 0 Å².